The lowest BCUT2D eigenvalue weighted by atomic mass is 10.2. The van der Waals surface area contributed by atoms with E-state index in [0.717, 1.165) is 18.7 Å². The average molecular weight is 341 g/mol. The molecule has 1 unspecified atom stereocenters. The lowest BCUT2D eigenvalue weighted by Gasteiger charge is -2.22. The largest absolute Gasteiger partial charge is 0.367 e. The number of nitrogens with one attached hydrogen (secondary N) is 1. The van der Waals surface area contributed by atoms with E-state index in [4.69, 9.17) is 4.52 Å². The molecule has 3 heterocycles. The molecule has 7 heteroatoms. The quantitative estimate of drug-likeness (QED) is 0.899. The molecule has 2 aromatic heterocycles. The van der Waals surface area contributed by atoms with E-state index in [-0.39, 0.29) is 17.9 Å². The second kappa shape index (κ2) is 6.46. The van der Waals surface area contributed by atoms with Crippen molar-refractivity contribution in [3.63, 3.8) is 0 Å². The monoisotopic (exact) mass is 341 g/mol. The molecule has 0 radical (unpaired) electrons. The number of rotatable bonds is 5. The lowest BCUT2D eigenvalue weighted by Crippen LogP contribution is -2.31. The summed E-state index contributed by atoms with van der Waals surface area (Å²) in [6.45, 7) is 4.73. The first-order valence-corrected chi connectivity index (χ1v) is 8.99. The topological polar surface area (TPSA) is 84.2 Å². The number of pyridine rings is 1. The fourth-order valence-electron chi connectivity index (χ4n) is 3.10. The van der Waals surface area contributed by atoms with Gasteiger partial charge in [-0.25, -0.2) is 4.98 Å². The van der Waals surface area contributed by atoms with Gasteiger partial charge in [-0.2, -0.15) is 4.98 Å². The Morgan fingerprint density at radius 2 is 2.16 bits per heavy atom. The van der Waals surface area contributed by atoms with Gasteiger partial charge >= 0.3 is 0 Å². The first kappa shape index (κ1) is 16.1. The van der Waals surface area contributed by atoms with Crippen molar-refractivity contribution in [2.24, 2.45) is 0 Å². The number of aromatic nitrogens is 3. The van der Waals surface area contributed by atoms with Crippen LogP contribution in [0.1, 0.15) is 73.6 Å². The molecule has 25 heavy (non-hydrogen) atoms. The number of carbonyl (C=O) groups is 1. The third-order valence-electron chi connectivity index (χ3n) is 4.70. The van der Waals surface area contributed by atoms with Crippen LogP contribution in [0.3, 0.4) is 0 Å². The van der Waals surface area contributed by atoms with Crippen LogP contribution in [0.5, 0.6) is 0 Å². The highest BCUT2D eigenvalue weighted by atomic mass is 16.5. The van der Waals surface area contributed by atoms with Crippen LogP contribution in [0, 0.1) is 0 Å². The molecule has 1 saturated heterocycles. The van der Waals surface area contributed by atoms with Crippen molar-refractivity contribution in [3.8, 4) is 0 Å². The molecule has 0 aromatic carbocycles. The van der Waals surface area contributed by atoms with E-state index >= 15 is 0 Å². The molecule has 1 aliphatic heterocycles. The van der Waals surface area contributed by atoms with Gasteiger partial charge in [0.15, 0.2) is 5.82 Å². The van der Waals surface area contributed by atoms with Crippen LogP contribution in [0.25, 0.3) is 0 Å². The summed E-state index contributed by atoms with van der Waals surface area (Å²) in [5.41, 5.74) is 0.598. The first-order valence-electron chi connectivity index (χ1n) is 8.99. The highest BCUT2D eigenvalue weighted by molar-refractivity contribution is 5.94. The van der Waals surface area contributed by atoms with Crippen molar-refractivity contribution >= 4 is 11.7 Å². The zero-order valence-electron chi connectivity index (χ0n) is 14.6. The summed E-state index contributed by atoms with van der Waals surface area (Å²) in [5, 5.41) is 7.42. The van der Waals surface area contributed by atoms with Gasteiger partial charge in [-0.3, -0.25) is 4.79 Å². The Morgan fingerprint density at radius 3 is 2.80 bits per heavy atom. The van der Waals surface area contributed by atoms with Crippen molar-refractivity contribution < 1.29 is 9.32 Å². The van der Waals surface area contributed by atoms with Crippen LogP contribution in [0.15, 0.2) is 22.9 Å². The number of likely N-dealkylation sites (tertiary alicyclic amines) is 1. The average Bonchev–Trinajstić information content (AvgIpc) is 3.12. The smallest absolute Gasteiger partial charge is 0.256 e. The molecular weight excluding hydrogens is 318 g/mol. The van der Waals surface area contributed by atoms with Gasteiger partial charge in [0.25, 0.3) is 5.91 Å². The fourth-order valence-corrected chi connectivity index (χ4v) is 3.10. The van der Waals surface area contributed by atoms with Gasteiger partial charge in [0.05, 0.1) is 11.6 Å². The number of amides is 1. The zero-order valence-corrected chi connectivity index (χ0v) is 14.6. The van der Waals surface area contributed by atoms with E-state index in [1.54, 1.807) is 6.20 Å². The van der Waals surface area contributed by atoms with Gasteiger partial charge in [-0.15, -0.1) is 0 Å². The maximum Gasteiger partial charge on any atom is 0.256 e. The van der Waals surface area contributed by atoms with E-state index in [9.17, 15) is 4.79 Å². The number of anilines is 1. The Labute approximate surface area is 146 Å². The van der Waals surface area contributed by atoms with Gasteiger partial charge in [-0.1, -0.05) is 19.0 Å². The van der Waals surface area contributed by atoms with Crippen LogP contribution in [0.2, 0.25) is 0 Å². The number of hydrogen-bond acceptors (Lipinski definition) is 6. The SMILES string of the molecule is CC(C)c1nc(C2CCCN2C(=O)c2ccc(NC3CC3)nc2)no1. The van der Waals surface area contributed by atoms with Crippen LogP contribution in [0.4, 0.5) is 5.82 Å². The van der Waals surface area contributed by atoms with E-state index in [2.05, 4.69) is 20.4 Å². The summed E-state index contributed by atoms with van der Waals surface area (Å²) < 4.78 is 5.31. The molecule has 1 amide bonds. The maximum absolute atomic E-state index is 12.9. The number of hydrogen-bond donors (Lipinski definition) is 1. The van der Waals surface area contributed by atoms with Crippen molar-refractivity contribution in [2.45, 2.75) is 57.5 Å². The molecule has 1 N–H and O–H groups in total. The summed E-state index contributed by atoms with van der Waals surface area (Å²) in [6, 6.07) is 4.14. The third kappa shape index (κ3) is 3.36. The van der Waals surface area contributed by atoms with Crippen molar-refractivity contribution in [1.29, 1.82) is 0 Å². The van der Waals surface area contributed by atoms with E-state index < -0.39 is 0 Å². The van der Waals surface area contributed by atoms with Crippen LogP contribution in [-0.4, -0.2) is 38.5 Å². The fraction of sp³-hybridized carbons (Fsp3) is 0.556. The minimum Gasteiger partial charge on any atom is -0.367 e. The molecule has 1 saturated carbocycles. The molecule has 1 aliphatic carbocycles. The maximum atomic E-state index is 12.9. The molecule has 4 rings (SSSR count). The van der Waals surface area contributed by atoms with Gasteiger partial charge in [-0.05, 0) is 37.8 Å². The summed E-state index contributed by atoms with van der Waals surface area (Å²) in [5.74, 6) is 2.21. The van der Waals surface area contributed by atoms with Gasteiger partial charge in [0, 0.05) is 24.7 Å². The highest BCUT2D eigenvalue weighted by Gasteiger charge is 2.34. The summed E-state index contributed by atoms with van der Waals surface area (Å²) >= 11 is 0. The summed E-state index contributed by atoms with van der Waals surface area (Å²) in [7, 11) is 0. The Hall–Kier alpha value is -2.44. The van der Waals surface area contributed by atoms with Crippen molar-refractivity contribution in [2.75, 3.05) is 11.9 Å². The Morgan fingerprint density at radius 1 is 1.32 bits per heavy atom. The number of carbonyl (C=O) groups excluding carboxylic acids is 1. The van der Waals surface area contributed by atoms with Crippen LogP contribution in [-0.2, 0) is 0 Å². The normalized spacial score (nSPS) is 20.3. The minimum absolute atomic E-state index is 0.0242. The Balaban J connectivity index is 1.49. The summed E-state index contributed by atoms with van der Waals surface area (Å²) in [6.07, 6.45) is 5.84. The standard InChI is InChI=1S/C18H23N5O2/c1-11(2)17-21-16(22-25-17)14-4-3-9-23(14)18(24)12-5-8-15(19-10-12)20-13-6-7-13/h5,8,10-11,13-14H,3-4,6-7,9H2,1-2H3,(H,19,20). The Kier molecular flexibility index (Phi) is 4.15. The molecule has 2 aliphatic rings. The molecule has 0 spiro atoms. The molecule has 0 bridgehead atoms. The van der Waals surface area contributed by atoms with Crippen LogP contribution < -0.4 is 5.32 Å². The highest BCUT2D eigenvalue weighted by Crippen LogP contribution is 2.32. The van der Waals surface area contributed by atoms with E-state index in [1.807, 2.05) is 30.9 Å². The molecule has 132 valence electrons. The molecule has 2 aromatic rings. The second-order valence-corrected chi connectivity index (χ2v) is 7.15. The minimum atomic E-state index is -0.118. The molecule has 2 fully saturated rings. The van der Waals surface area contributed by atoms with E-state index in [1.165, 1.54) is 12.8 Å². The molecular formula is C18H23N5O2. The van der Waals surface area contributed by atoms with Crippen LogP contribution >= 0.6 is 0 Å². The predicted octanol–water partition coefficient (Wildman–Crippen LogP) is 3.14. The predicted molar refractivity (Wildman–Crippen MR) is 92.3 cm³/mol. The van der Waals surface area contributed by atoms with Crippen molar-refractivity contribution in [3.05, 3.63) is 35.6 Å². The second-order valence-electron chi connectivity index (χ2n) is 7.15. The zero-order chi connectivity index (χ0) is 17.4. The Bertz CT molecular complexity index is 751. The third-order valence-corrected chi connectivity index (χ3v) is 4.70. The van der Waals surface area contributed by atoms with Gasteiger partial charge in [0.2, 0.25) is 5.89 Å². The molecule has 1 atom stereocenters. The molecule has 7 nitrogen and oxygen atoms in total. The number of nitrogens with zero attached hydrogens (tertiary/aromatic N) is 4. The van der Waals surface area contributed by atoms with E-state index in [0.29, 0.717) is 29.9 Å². The van der Waals surface area contributed by atoms with Crippen molar-refractivity contribution in [1.82, 2.24) is 20.0 Å². The lowest BCUT2D eigenvalue weighted by molar-refractivity contribution is 0.0728. The summed E-state index contributed by atoms with van der Waals surface area (Å²) in [4.78, 5) is 23.6. The first-order chi connectivity index (χ1) is 12.1. The van der Waals surface area contributed by atoms with Gasteiger partial charge in [0.1, 0.15) is 5.82 Å². The van der Waals surface area contributed by atoms with Gasteiger partial charge < -0.3 is 14.7 Å².